The Bertz CT molecular complexity index is 469. The Morgan fingerprint density at radius 1 is 1.04 bits per heavy atom. The fourth-order valence-corrected chi connectivity index (χ4v) is 4.37. The molecule has 0 spiro atoms. The first-order valence-corrected chi connectivity index (χ1v) is 10.1. The van der Waals surface area contributed by atoms with Crippen LogP contribution in [0.1, 0.15) is 64.7 Å². The van der Waals surface area contributed by atoms with Crippen LogP contribution in [0.2, 0.25) is 0 Å². The molecule has 0 atom stereocenters. The minimum atomic E-state index is -0.776. The number of carboxylic acids is 1. The van der Waals surface area contributed by atoms with Crippen LogP contribution in [-0.2, 0) is 4.79 Å². The summed E-state index contributed by atoms with van der Waals surface area (Å²) in [6.45, 7) is 3.76. The third-order valence-corrected chi connectivity index (χ3v) is 6.13. The minimum absolute atomic E-state index is 0.0950. The van der Waals surface area contributed by atoms with Gasteiger partial charge in [-0.3, -0.25) is 9.69 Å². The summed E-state index contributed by atoms with van der Waals surface area (Å²) in [7, 11) is 0. The van der Waals surface area contributed by atoms with E-state index in [1.54, 1.807) is 0 Å². The smallest absolute Gasteiger partial charge is 0.317 e. The number of carbonyl (C=O) groups is 2. The van der Waals surface area contributed by atoms with Crippen LogP contribution in [-0.4, -0.2) is 64.7 Å². The van der Waals surface area contributed by atoms with Crippen molar-refractivity contribution in [3.63, 3.8) is 0 Å². The van der Waals surface area contributed by atoms with E-state index in [1.807, 2.05) is 11.8 Å². The SMILES string of the molecule is CCN(CC(=O)O)C1CC(NC(=O)N(CC2CCCCC2)C2CC2)C1. The summed E-state index contributed by atoms with van der Waals surface area (Å²) < 4.78 is 0. The highest BCUT2D eigenvalue weighted by Crippen LogP contribution is 2.32. The number of urea groups is 1. The average Bonchev–Trinajstić information content (AvgIpc) is 3.39. The molecule has 0 aliphatic heterocycles. The molecule has 0 aromatic rings. The van der Waals surface area contributed by atoms with Gasteiger partial charge in [-0.05, 0) is 51.0 Å². The molecule has 3 rings (SSSR count). The molecule has 0 aromatic carbocycles. The van der Waals surface area contributed by atoms with Gasteiger partial charge in [0.1, 0.15) is 0 Å². The molecule has 0 radical (unpaired) electrons. The third kappa shape index (κ3) is 5.09. The number of rotatable bonds is 8. The van der Waals surface area contributed by atoms with E-state index < -0.39 is 5.97 Å². The van der Waals surface area contributed by atoms with Crippen LogP contribution >= 0.6 is 0 Å². The van der Waals surface area contributed by atoms with E-state index in [9.17, 15) is 9.59 Å². The van der Waals surface area contributed by atoms with Gasteiger partial charge in [0.05, 0.1) is 6.54 Å². The van der Waals surface area contributed by atoms with Gasteiger partial charge in [0.25, 0.3) is 0 Å². The van der Waals surface area contributed by atoms with Crippen molar-refractivity contribution >= 4 is 12.0 Å². The number of carbonyl (C=O) groups excluding carboxylic acids is 1. The zero-order valence-electron chi connectivity index (χ0n) is 15.5. The first-order valence-electron chi connectivity index (χ1n) is 10.1. The maximum atomic E-state index is 12.7. The highest BCUT2D eigenvalue weighted by Gasteiger charge is 2.38. The van der Waals surface area contributed by atoms with Crippen molar-refractivity contribution in [2.75, 3.05) is 19.6 Å². The second-order valence-corrected chi connectivity index (χ2v) is 8.12. The van der Waals surface area contributed by atoms with Crippen LogP contribution in [0.25, 0.3) is 0 Å². The number of amides is 2. The number of carboxylic acid groups (broad SMARTS) is 1. The zero-order chi connectivity index (χ0) is 17.8. The predicted octanol–water partition coefficient (Wildman–Crippen LogP) is 2.68. The summed E-state index contributed by atoms with van der Waals surface area (Å²) in [4.78, 5) is 27.7. The average molecular weight is 351 g/mol. The molecule has 0 unspecified atom stereocenters. The molecule has 3 fully saturated rings. The van der Waals surface area contributed by atoms with Crippen molar-refractivity contribution in [2.24, 2.45) is 5.92 Å². The van der Waals surface area contributed by atoms with E-state index in [1.165, 1.54) is 32.1 Å². The Kier molecular flexibility index (Phi) is 6.20. The number of nitrogens with one attached hydrogen (secondary N) is 1. The second-order valence-electron chi connectivity index (χ2n) is 8.12. The summed E-state index contributed by atoms with van der Waals surface area (Å²) >= 11 is 0. The maximum Gasteiger partial charge on any atom is 0.317 e. The van der Waals surface area contributed by atoms with Gasteiger partial charge in [-0.15, -0.1) is 0 Å². The van der Waals surface area contributed by atoms with Crippen molar-refractivity contribution < 1.29 is 14.7 Å². The molecule has 6 nitrogen and oxygen atoms in total. The molecule has 0 heterocycles. The van der Waals surface area contributed by atoms with Gasteiger partial charge in [0.2, 0.25) is 0 Å². The summed E-state index contributed by atoms with van der Waals surface area (Å²) in [5, 5.41) is 12.2. The van der Waals surface area contributed by atoms with Gasteiger partial charge in [0, 0.05) is 24.7 Å². The predicted molar refractivity (Wildman–Crippen MR) is 96.5 cm³/mol. The zero-order valence-corrected chi connectivity index (χ0v) is 15.5. The molecule has 25 heavy (non-hydrogen) atoms. The van der Waals surface area contributed by atoms with Gasteiger partial charge in [0.15, 0.2) is 0 Å². The van der Waals surface area contributed by atoms with Crippen LogP contribution in [0.15, 0.2) is 0 Å². The van der Waals surface area contributed by atoms with Crippen LogP contribution in [0.5, 0.6) is 0 Å². The quantitative estimate of drug-likeness (QED) is 0.705. The van der Waals surface area contributed by atoms with Crippen LogP contribution in [0, 0.1) is 5.92 Å². The topological polar surface area (TPSA) is 72.9 Å². The number of hydrogen-bond donors (Lipinski definition) is 2. The first-order chi connectivity index (χ1) is 12.1. The lowest BCUT2D eigenvalue weighted by molar-refractivity contribution is -0.139. The van der Waals surface area contributed by atoms with E-state index in [2.05, 4.69) is 10.2 Å². The first kappa shape index (κ1) is 18.5. The molecule has 3 saturated carbocycles. The lowest BCUT2D eigenvalue weighted by Crippen LogP contribution is -2.57. The fraction of sp³-hybridized carbons (Fsp3) is 0.895. The van der Waals surface area contributed by atoms with E-state index in [0.29, 0.717) is 18.0 Å². The van der Waals surface area contributed by atoms with Crippen molar-refractivity contribution in [1.82, 2.24) is 15.1 Å². The maximum absolute atomic E-state index is 12.7. The van der Waals surface area contributed by atoms with E-state index in [4.69, 9.17) is 5.11 Å². The molecule has 0 bridgehead atoms. The Morgan fingerprint density at radius 2 is 1.72 bits per heavy atom. The molecule has 0 aromatic heterocycles. The Hall–Kier alpha value is -1.30. The summed E-state index contributed by atoms with van der Waals surface area (Å²) in [5.41, 5.74) is 0. The molecular formula is C19H33N3O3. The van der Waals surface area contributed by atoms with Crippen LogP contribution in [0.4, 0.5) is 4.79 Å². The second kappa shape index (κ2) is 8.39. The van der Waals surface area contributed by atoms with Gasteiger partial charge in [-0.2, -0.15) is 0 Å². The molecule has 2 N–H and O–H groups in total. The van der Waals surface area contributed by atoms with E-state index in [-0.39, 0.29) is 18.6 Å². The number of hydrogen-bond acceptors (Lipinski definition) is 3. The minimum Gasteiger partial charge on any atom is -0.480 e. The van der Waals surface area contributed by atoms with Crippen molar-refractivity contribution in [3.8, 4) is 0 Å². The summed E-state index contributed by atoms with van der Waals surface area (Å²) in [6, 6.07) is 1.06. The fourth-order valence-electron chi connectivity index (χ4n) is 4.37. The van der Waals surface area contributed by atoms with Crippen molar-refractivity contribution in [1.29, 1.82) is 0 Å². The summed E-state index contributed by atoms with van der Waals surface area (Å²) in [5.74, 6) is -0.0953. The monoisotopic (exact) mass is 351 g/mol. The van der Waals surface area contributed by atoms with Crippen LogP contribution in [0.3, 0.4) is 0 Å². The highest BCUT2D eigenvalue weighted by molar-refractivity contribution is 5.75. The Balaban J connectivity index is 1.44. The molecule has 142 valence electrons. The molecule has 6 heteroatoms. The lowest BCUT2D eigenvalue weighted by Gasteiger charge is -2.43. The number of aliphatic carboxylic acids is 1. The van der Waals surface area contributed by atoms with Gasteiger partial charge >= 0.3 is 12.0 Å². The van der Waals surface area contributed by atoms with E-state index >= 15 is 0 Å². The Morgan fingerprint density at radius 3 is 2.28 bits per heavy atom. The van der Waals surface area contributed by atoms with Gasteiger partial charge < -0.3 is 15.3 Å². The van der Waals surface area contributed by atoms with Crippen LogP contribution < -0.4 is 5.32 Å². The molecule has 0 saturated heterocycles. The molecule has 2 amide bonds. The molecule has 3 aliphatic carbocycles. The molecular weight excluding hydrogens is 318 g/mol. The summed E-state index contributed by atoms with van der Waals surface area (Å²) in [6.07, 6.45) is 10.5. The van der Waals surface area contributed by atoms with Gasteiger partial charge in [-0.1, -0.05) is 26.2 Å². The normalized spacial score (nSPS) is 27.0. The highest BCUT2D eigenvalue weighted by atomic mass is 16.4. The van der Waals surface area contributed by atoms with E-state index in [0.717, 1.165) is 38.8 Å². The third-order valence-electron chi connectivity index (χ3n) is 6.13. The number of likely N-dealkylation sites (N-methyl/N-ethyl adjacent to an activating group) is 1. The standard InChI is InChI=1S/C19H33N3O3/c1-2-21(13-18(23)24)17-10-15(11-17)20-19(25)22(16-8-9-16)12-14-6-4-3-5-7-14/h14-17H,2-13H2,1H3,(H,20,25)(H,23,24). The number of nitrogens with zero attached hydrogens (tertiary/aromatic N) is 2. The van der Waals surface area contributed by atoms with Gasteiger partial charge in [-0.25, -0.2) is 4.79 Å². The van der Waals surface area contributed by atoms with Crippen molar-refractivity contribution in [3.05, 3.63) is 0 Å². The Labute approximate surface area is 150 Å². The molecule has 3 aliphatic rings. The lowest BCUT2D eigenvalue weighted by atomic mass is 9.85. The largest absolute Gasteiger partial charge is 0.480 e. The van der Waals surface area contributed by atoms with Crippen molar-refractivity contribution in [2.45, 2.75) is 82.8 Å².